The number of halogens is 2. The number of thiophene rings is 1. The van der Waals surface area contributed by atoms with Crippen molar-refractivity contribution in [1.29, 1.82) is 0 Å². The Balaban J connectivity index is 1.27. The first kappa shape index (κ1) is 22.7. The van der Waals surface area contributed by atoms with E-state index >= 15 is 0 Å². The Morgan fingerprint density at radius 1 is 1.17 bits per heavy atom. The van der Waals surface area contributed by atoms with Crippen molar-refractivity contribution in [3.8, 4) is 0 Å². The summed E-state index contributed by atoms with van der Waals surface area (Å²) in [5.41, 5.74) is 3.04. The average Bonchev–Trinajstić information content (AvgIpc) is 3.46. The zero-order chi connectivity index (χ0) is 24.4. The fraction of sp³-hybridized carbons (Fsp3) is 0.115. The van der Waals surface area contributed by atoms with Crippen molar-refractivity contribution in [3.05, 3.63) is 115 Å². The zero-order valence-corrected chi connectivity index (χ0v) is 19.2. The van der Waals surface area contributed by atoms with E-state index in [0.29, 0.717) is 5.56 Å². The summed E-state index contributed by atoms with van der Waals surface area (Å²) in [4.78, 5) is 27.6. The molecule has 0 spiro atoms. The number of amides is 1. The molecule has 3 heterocycles. The van der Waals surface area contributed by atoms with Gasteiger partial charge in [0, 0.05) is 21.5 Å². The Bertz CT molecular complexity index is 1530. The van der Waals surface area contributed by atoms with Gasteiger partial charge in [-0.1, -0.05) is 18.2 Å². The number of hydrogen-bond donors (Lipinski definition) is 2. The SMILES string of the molecule is O=C(NCc1ccc(C2=Cc3[nH]ncc3C=CC2)s1)c1cccn(Cc2ccc(F)c(F)c2)c1=O. The molecule has 9 heteroatoms. The van der Waals surface area contributed by atoms with Gasteiger partial charge in [-0.2, -0.15) is 5.10 Å². The Morgan fingerprint density at radius 2 is 2.06 bits per heavy atom. The molecule has 0 saturated heterocycles. The first-order valence-electron chi connectivity index (χ1n) is 10.9. The van der Waals surface area contributed by atoms with Crippen molar-refractivity contribution < 1.29 is 13.6 Å². The van der Waals surface area contributed by atoms with Crippen LogP contribution < -0.4 is 10.9 Å². The molecule has 1 aliphatic rings. The molecular formula is C26H20F2N4O2S. The fourth-order valence-corrected chi connectivity index (χ4v) is 4.82. The van der Waals surface area contributed by atoms with Crippen LogP contribution in [0.25, 0.3) is 17.7 Å². The number of aromatic amines is 1. The number of nitrogens with one attached hydrogen (secondary N) is 2. The Morgan fingerprint density at radius 3 is 2.91 bits per heavy atom. The number of rotatable bonds is 6. The van der Waals surface area contributed by atoms with Crippen molar-refractivity contribution in [2.75, 3.05) is 0 Å². The number of hydrogen-bond acceptors (Lipinski definition) is 4. The molecule has 35 heavy (non-hydrogen) atoms. The number of carbonyl (C=O) groups excluding carboxylic acids is 1. The predicted molar refractivity (Wildman–Crippen MR) is 132 cm³/mol. The summed E-state index contributed by atoms with van der Waals surface area (Å²) in [6, 6.07) is 10.4. The molecule has 0 saturated carbocycles. The minimum absolute atomic E-state index is 0.0183. The second-order valence-corrected chi connectivity index (χ2v) is 9.24. The van der Waals surface area contributed by atoms with E-state index in [1.54, 1.807) is 23.6 Å². The van der Waals surface area contributed by atoms with Crippen LogP contribution in [-0.2, 0) is 13.1 Å². The molecule has 0 bridgehead atoms. The number of aromatic nitrogens is 3. The Labute approximate surface area is 203 Å². The van der Waals surface area contributed by atoms with Crippen LogP contribution in [0.5, 0.6) is 0 Å². The number of nitrogens with zero attached hydrogens (tertiary/aromatic N) is 2. The molecule has 1 aromatic carbocycles. The minimum Gasteiger partial charge on any atom is -0.347 e. The molecule has 0 atom stereocenters. The van der Waals surface area contributed by atoms with Crippen LogP contribution in [0, 0.1) is 11.6 Å². The fourth-order valence-electron chi connectivity index (χ4n) is 3.85. The maximum atomic E-state index is 13.5. The first-order valence-corrected chi connectivity index (χ1v) is 11.7. The summed E-state index contributed by atoms with van der Waals surface area (Å²) >= 11 is 1.57. The lowest BCUT2D eigenvalue weighted by Crippen LogP contribution is -2.32. The molecule has 5 rings (SSSR count). The number of benzene rings is 1. The van der Waals surface area contributed by atoms with Crippen LogP contribution in [0.2, 0.25) is 0 Å². The van der Waals surface area contributed by atoms with E-state index in [2.05, 4.69) is 27.7 Å². The molecule has 6 nitrogen and oxygen atoms in total. The molecule has 0 radical (unpaired) electrons. The molecule has 3 aromatic heterocycles. The molecule has 1 aliphatic carbocycles. The van der Waals surface area contributed by atoms with Crippen molar-refractivity contribution in [1.82, 2.24) is 20.1 Å². The lowest BCUT2D eigenvalue weighted by molar-refractivity contribution is 0.0949. The highest BCUT2D eigenvalue weighted by Crippen LogP contribution is 2.31. The molecule has 0 aliphatic heterocycles. The Hall–Kier alpha value is -4.11. The van der Waals surface area contributed by atoms with Gasteiger partial charge in [-0.25, -0.2) is 8.78 Å². The first-order chi connectivity index (χ1) is 17.0. The van der Waals surface area contributed by atoms with Gasteiger partial charge in [0.1, 0.15) is 5.56 Å². The summed E-state index contributed by atoms with van der Waals surface area (Å²) < 4.78 is 28.0. The van der Waals surface area contributed by atoms with Crippen LogP contribution in [0.4, 0.5) is 8.78 Å². The molecular weight excluding hydrogens is 470 g/mol. The van der Waals surface area contributed by atoms with E-state index in [4.69, 9.17) is 0 Å². The van der Waals surface area contributed by atoms with Gasteiger partial charge >= 0.3 is 0 Å². The van der Waals surface area contributed by atoms with E-state index in [1.165, 1.54) is 22.9 Å². The quantitative estimate of drug-likeness (QED) is 0.406. The average molecular weight is 491 g/mol. The summed E-state index contributed by atoms with van der Waals surface area (Å²) in [5, 5.41) is 9.87. The van der Waals surface area contributed by atoms with Gasteiger partial charge in [-0.3, -0.25) is 14.7 Å². The maximum absolute atomic E-state index is 13.5. The van der Waals surface area contributed by atoms with E-state index in [-0.39, 0.29) is 18.7 Å². The third-order valence-electron chi connectivity index (χ3n) is 5.66. The second-order valence-electron chi connectivity index (χ2n) is 8.07. The number of allylic oxidation sites excluding steroid dienone is 2. The van der Waals surface area contributed by atoms with Gasteiger partial charge in [-0.05, 0) is 60.0 Å². The van der Waals surface area contributed by atoms with Gasteiger partial charge in [0.15, 0.2) is 11.6 Å². The predicted octanol–water partition coefficient (Wildman–Crippen LogP) is 4.85. The lowest BCUT2D eigenvalue weighted by Gasteiger charge is -2.09. The van der Waals surface area contributed by atoms with Gasteiger partial charge < -0.3 is 9.88 Å². The maximum Gasteiger partial charge on any atom is 0.263 e. The zero-order valence-electron chi connectivity index (χ0n) is 18.4. The second kappa shape index (κ2) is 9.63. The number of fused-ring (bicyclic) bond motifs is 1. The molecule has 2 N–H and O–H groups in total. The molecule has 4 aromatic rings. The summed E-state index contributed by atoms with van der Waals surface area (Å²) in [7, 11) is 0. The van der Waals surface area contributed by atoms with E-state index in [0.717, 1.165) is 45.1 Å². The van der Waals surface area contributed by atoms with Crippen molar-refractivity contribution in [3.63, 3.8) is 0 Å². The van der Waals surface area contributed by atoms with Crippen LogP contribution in [0.1, 0.15) is 43.4 Å². The highest BCUT2D eigenvalue weighted by Gasteiger charge is 2.14. The standard InChI is InChI=1S/C26H20F2N4O2S/c27-21-8-6-16(11-22(21)28)15-32-10-2-5-20(26(32)34)25(33)29-14-19-7-9-24(35-19)17-3-1-4-18-13-30-31-23(18)12-17/h1-2,4-13H,3,14-15H2,(H,29,33)(H,30,31). The Kier molecular flexibility index (Phi) is 6.24. The number of H-pyrrole nitrogens is 1. The van der Waals surface area contributed by atoms with Gasteiger partial charge in [0.2, 0.25) is 0 Å². The molecule has 0 fully saturated rings. The minimum atomic E-state index is -0.986. The van der Waals surface area contributed by atoms with Crippen molar-refractivity contribution >= 4 is 35.0 Å². The summed E-state index contributed by atoms with van der Waals surface area (Å²) in [6.45, 7) is 0.298. The summed E-state index contributed by atoms with van der Waals surface area (Å²) in [6.07, 6.45) is 10.3. The van der Waals surface area contributed by atoms with Crippen molar-refractivity contribution in [2.24, 2.45) is 0 Å². The van der Waals surface area contributed by atoms with Crippen molar-refractivity contribution in [2.45, 2.75) is 19.5 Å². The van der Waals surface area contributed by atoms with E-state index in [9.17, 15) is 18.4 Å². The monoisotopic (exact) mass is 490 g/mol. The van der Waals surface area contributed by atoms with E-state index in [1.807, 2.05) is 18.2 Å². The third kappa shape index (κ3) is 4.90. The molecule has 1 amide bonds. The molecule has 176 valence electrons. The topological polar surface area (TPSA) is 79.8 Å². The largest absolute Gasteiger partial charge is 0.347 e. The van der Waals surface area contributed by atoms with E-state index < -0.39 is 23.1 Å². The highest BCUT2D eigenvalue weighted by atomic mass is 32.1. The van der Waals surface area contributed by atoms with Gasteiger partial charge in [-0.15, -0.1) is 11.3 Å². The van der Waals surface area contributed by atoms with Gasteiger partial charge in [0.25, 0.3) is 11.5 Å². The number of carbonyl (C=O) groups is 1. The van der Waals surface area contributed by atoms with Crippen LogP contribution in [-0.4, -0.2) is 20.7 Å². The van der Waals surface area contributed by atoms with Crippen LogP contribution >= 0.6 is 11.3 Å². The highest BCUT2D eigenvalue weighted by molar-refractivity contribution is 7.13. The molecule has 0 unspecified atom stereocenters. The third-order valence-corrected chi connectivity index (χ3v) is 6.82. The smallest absolute Gasteiger partial charge is 0.263 e. The van der Waals surface area contributed by atoms with Gasteiger partial charge in [0.05, 0.1) is 25.0 Å². The normalized spacial score (nSPS) is 12.7. The van der Waals surface area contributed by atoms with Crippen LogP contribution in [0.3, 0.4) is 0 Å². The van der Waals surface area contributed by atoms with Crippen LogP contribution in [0.15, 0.2) is 65.7 Å². The lowest BCUT2D eigenvalue weighted by atomic mass is 10.1. The number of pyridine rings is 1. The summed E-state index contributed by atoms with van der Waals surface area (Å²) in [5.74, 6) is -2.44.